The van der Waals surface area contributed by atoms with E-state index in [2.05, 4.69) is 10.6 Å². The van der Waals surface area contributed by atoms with Crippen LogP contribution in [-0.4, -0.2) is 29.3 Å². The summed E-state index contributed by atoms with van der Waals surface area (Å²) in [5, 5.41) is 5.70. The molecule has 4 amide bonds. The number of carbonyl (C=O) groups is 3. The van der Waals surface area contributed by atoms with Crippen LogP contribution in [0, 0.1) is 6.92 Å². The average molecular weight is 393 g/mol. The van der Waals surface area contributed by atoms with E-state index < -0.39 is 17.5 Å². The second-order valence-electron chi connectivity index (χ2n) is 7.63. The highest BCUT2D eigenvalue weighted by Gasteiger charge is 2.49. The van der Waals surface area contributed by atoms with Gasteiger partial charge in [0.2, 0.25) is 5.91 Å². The van der Waals surface area contributed by atoms with Crippen molar-refractivity contribution in [2.75, 3.05) is 6.54 Å². The predicted octanol–water partition coefficient (Wildman–Crippen LogP) is 3.42. The number of urea groups is 1. The number of benzene rings is 2. The van der Waals surface area contributed by atoms with Gasteiger partial charge in [0, 0.05) is 0 Å². The van der Waals surface area contributed by atoms with Crippen LogP contribution in [0.25, 0.3) is 0 Å². The van der Waals surface area contributed by atoms with E-state index in [1.165, 1.54) is 0 Å². The molecule has 152 valence electrons. The van der Waals surface area contributed by atoms with Gasteiger partial charge in [0.25, 0.3) is 5.91 Å². The van der Waals surface area contributed by atoms with Gasteiger partial charge in [-0.3, -0.25) is 14.5 Å². The first-order chi connectivity index (χ1) is 13.8. The number of hydrogen-bond acceptors (Lipinski definition) is 3. The lowest BCUT2D eigenvalue weighted by molar-refractivity contribution is -0.135. The molecule has 1 fully saturated rings. The molecule has 2 atom stereocenters. The van der Waals surface area contributed by atoms with E-state index in [0.29, 0.717) is 5.56 Å². The average Bonchev–Trinajstić information content (AvgIpc) is 2.92. The smallest absolute Gasteiger partial charge is 0.325 e. The predicted molar refractivity (Wildman–Crippen MR) is 111 cm³/mol. The van der Waals surface area contributed by atoms with Gasteiger partial charge < -0.3 is 10.6 Å². The molecule has 1 heterocycles. The third-order valence-corrected chi connectivity index (χ3v) is 5.32. The first-order valence-electron chi connectivity index (χ1n) is 9.90. The number of nitrogens with zero attached hydrogens (tertiary/aromatic N) is 1. The van der Waals surface area contributed by atoms with E-state index in [-0.39, 0.29) is 18.5 Å². The molecule has 0 radical (unpaired) electrons. The molecule has 0 saturated carbocycles. The van der Waals surface area contributed by atoms with E-state index >= 15 is 0 Å². The highest BCUT2D eigenvalue weighted by molar-refractivity contribution is 6.09. The lowest BCUT2D eigenvalue weighted by atomic mass is 9.91. The Morgan fingerprint density at radius 1 is 1.10 bits per heavy atom. The zero-order valence-corrected chi connectivity index (χ0v) is 17.1. The topological polar surface area (TPSA) is 78.5 Å². The summed E-state index contributed by atoms with van der Waals surface area (Å²) < 4.78 is 0. The Morgan fingerprint density at radius 3 is 2.38 bits per heavy atom. The third-order valence-electron chi connectivity index (χ3n) is 5.32. The summed E-state index contributed by atoms with van der Waals surface area (Å²) in [4.78, 5) is 39.1. The summed E-state index contributed by atoms with van der Waals surface area (Å²) >= 11 is 0. The van der Waals surface area contributed by atoms with Gasteiger partial charge in [-0.05, 0) is 31.4 Å². The van der Waals surface area contributed by atoms with Crippen molar-refractivity contribution >= 4 is 17.8 Å². The number of nitrogens with one attached hydrogen (secondary N) is 2. The fraction of sp³-hybridized carbons (Fsp3) is 0.348. The van der Waals surface area contributed by atoms with Crippen LogP contribution in [-0.2, 0) is 15.1 Å². The molecule has 1 saturated heterocycles. The highest BCUT2D eigenvalue weighted by Crippen LogP contribution is 2.29. The lowest BCUT2D eigenvalue weighted by Crippen LogP contribution is -2.43. The zero-order chi connectivity index (χ0) is 21.0. The quantitative estimate of drug-likeness (QED) is 0.708. The molecule has 0 spiro atoms. The fourth-order valence-corrected chi connectivity index (χ4v) is 3.60. The van der Waals surface area contributed by atoms with E-state index in [9.17, 15) is 14.4 Å². The molecule has 0 unspecified atom stereocenters. The minimum absolute atomic E-state index is 0.155. The van der Waals surface area contributed by atoms with E-state index in [1.54, 1.807) is 6.92 Å². The van der Waals surface area contributed by atoms with Crippen molar-refractivity contribution in [2.24, 2.45) is 0 Å². The largest absolute Gasteiger partial charge is 0.348 e. The minimum Gasteiger partial charge on any atom is -0.348 e. The Bertz CT molecular complexity index is 895. The lowest BCUT2D eigenvalue weighted by Gasteiger charge is -2.23. The monoisotopic (exact) mass is 393 g/mol. The number of amides is 4. The van der Waals surface area contributed by atoms with Crippen LogP contribution >= 0.6 is 0 Å². The molecule has 0 aliphatic carbocycles. The zero-order valence-electron chi connectivity index (χ0n) is 17.1. The third kappa shape index (κ3) is 4.31. The molecule has 29 heavy (non-hydrogen) atoms. The van der Waals surface area contributed by atoms with Crippen molar-refractivity contribution in [1.82, 2.24) is 15.5 Å². The van der Waals surface area contributed by atoms with Crippen molar-refractivity contribution in [3.8, 4) is 0 Å². The van der Waals surface area contributed by atoms with Gasteiger partial charge in [0.15, 0.2) is 0 Å². The molecule has 3 rings (SSSR count). The Labute approximate surface area is 171 Å². The number of rotatable bonds is 7. The minimum atomic E-state index is -1.17. The van der Waals surface area contributed by atoms with Gasteiger partial charge in [-0.25, -0.2) is 4.79 Å². The van der Waals surface area contributed by atoms with Crippen molar-refractivity contribution in [1.29, 1.82) is 0 Å². The SMILES string of the molecule is CCC[C@H](NC(=O)CN1C(=O)N[C@](C)(c2ccc(C)cc2)C1=O)c1ccccc1. The van der Waals surface area contributed by atoms with Crippen LogP contribution in [0.4, 0.5) is 4.79 Å². The fourth-order valence-electron chi connectivity index (χ4n) is 3.60. The molecule has 6 nitrogen and oxygen atoms in total. The van der Waals surface area contributed by atoms with Crippen LogP contribution in [0.3, 0.4) is 0 Å². The maximum absolute atomic E-state index is 13.0. The number of imide groups is 1. The molecule has 2 aromatic rings. The number of aryl methyl sites for hydroxylation is 1. The van der Waals surface area contributed by atoms with E-state index in [1.807, 2.05) is 68.4 Å². The first kappa shape index (κ1) is 20.6. The van der Waals surface area contributed by atoms with Gasteiger partial charge in [0.05, 0.1) is 6.04 Å². The van der Waals surface area contributed by atoms with Crippen LogP contribution in [0.2, 0.25) is 0 Å². The molecule has 2 aromatic carbocycles. The van der Waals surface area contributed by atoms with Crippen molar-refractivity contribution in [3.63, 3.8) is 0 Å². The van der Waals surface area contributed by atoms with Crippen molar-refractivity contribution in [3.05, 3.63) is 71.3 Å². The Balaban J connectivity index is 1.72. The number of carbonyl (C=O) groups excluding carboxylic acids is 3. The summed E-state index contributed by atoms with van der Waals surface area (Å²) in [6.07, 6.45) is 1.67. The normalized spacial score (nSPS) is 19.8. The summed E-state index contributed by atoms with van der Waals surface area (Å²) in [6, 6.07) is 16.4. The van der Waals surface area contributed by atoms with Gasteiger partial charge >= 0.3 is 6.03 Å². The standard InChI is InChI=1S/C23H27N3O3/c1-4-8-19(17-9-6-5-7-10-17)24-20(27)15-26-21(28)23(3,25-22(26)29)18-13-11-16(2)12-14-18/h5-7,9-14,19H,4,8,15H2,1-3H3,(H,24,27)(H,25,29)/t19-,23+/m0/s1. The number of hydrogen-bond donors (Lipinski definition) is 2. The Kier molecular flexibility index (Phi) is 6.01. The summed E-state index contributed by atoms with van der Waals surface area (Å²) in [5.74, 6) is -0.780. The maximum atomic E-state index is 13.0. The first-order valence-corrected chi connectivity index (χ1v) is 9.90. The molecular formula is C23H27N3O3. The molecule has 0 bridgehead atoms. The van der Waals surface area contributed by atoms with Gasteiger partial charge in [-0.2, -0.15) is 0 Å². The molecule has 6 heteroatoms. The van der Waals surface area contributed by atoms with Crippen LogP contribution in [0.15, 0.2) is 54.6 Å². The summed E-state index contributed by atoms with van der Waals surface area (Å²) in [6.45, 7) is 5.36. The van der Waals surface area contributed by atoms with E-state index in [0.717, 1.165) is 28.9 Å². The Hall–Kier alpha value is -3.15. The van der Waals surface area contributed by atoms with Gasteiger partial charge in [0.1, 0.15) is 12.1 Å². The summed E-state index contributed by atoms with van der Waals surface area (Å²) in [5.41, 5.74) is 1.59. The van der Waals surface area contributed by atoms with Gasteiger partial charge in [-0.1, -0.05) is 73.5 Å². The molecular weight excluding hydrogens is 366 g/mol. The maximum Gasteiger partial charge on any atom is 0.325 e. The molecule has 1 aliphatic rings. The summed E-state index contributed by atoms with van der Waals surface area (Å²) in [7, 11) is 0. The second-order valence-corrected chi connectivity index (χ2v) is 7.63. The van der Waals surface area contributed by atoms with Crippen LogP contribution < -0.4 is 10.6 Å². The van der Waals surface area contributed by atoms with Crippen molar-refractivity contribution < 1.29 is 14.4 Å². The highest BCUT2D eigenvalue weighted by atomic mass is 16.2. The Morgan fingerprint density at radius 2 is 1.76 bits per heavy atom. The second kappa shape index (κ2) is 8.47. The van der Waals surface area contributed by atoms with Crippen molar-refractivity contribution in [2.45, 2.75) is 45.2 Å². The van der Waals surface area contributed by atoms with Crippen LogP contribution in [0.5, 0.6) is 0 Å². The molecule has 2 N–H and O–H groups in total. The van der Waals surface area contributed by atoms with Crippen LogP contribution in [0.1, 0.15) is 49.4 Å². The molecule has 0 aromatic heterocycles. The molecule has 1 aliphatic heterocycles. The van der Waals surface area contributed by atoms with Gasteiger partial charge in [-0.15, -0.1) is 0 Å². The van der Waals surface area contributed by atoms with E-state index in [4.69, 9.17) is 0 Å².